The van der Waals surface area contributed by atoms with Crippen molar-refractivity contribution in [3.8, 4) is 51.6 Å². The summed E-state index contributed by atoms with van der Waals surface area (Å²) < 4.78 is 66.9. The van der Waals surface area contributed by atoms with Crippen molar-refractivity contribution >= 4 is 33.4 Å². The number of nitrogens with zero attached hydrogens (tertiary/aromatic N) is 10. The fourth-order valence-electron chi connectivity index (χ4n) is 7.73. The molecule has 0 saturated heterocycles. The van der Waals surface area contributed by atoms with Gasteiger partial charge in [-0.15, -0.1) is 30.6 Å². The molecular formula is C58H59F3N12O6. The number of halogens is 3. The number of benzene rings is 6. The minimum atomic E-state index is -0.298. The molecule has 21 heteroatoms. The lowest BCUT2D eigenvalue weighted by Crippen LogP contribution is -2.00. The van der Waals surface area contributed by atoms with Gasteiger partial charge in [-0.05, 0) is 117 Å². The molecule has 0 aliphatic heterocycles. The van der Waals surface area contributed by atoms with E-state index in [1.54, 1.807) is 67.8 Å². The van der Waals surface area contributed by atoms with E-state index in [9.17, 15) is 18.3 Å². The van der Waals surface area contributed by atoms with Crippen LogP contribution in [0, 0.1) is 45.1 Å². The Bertz CT molecular complexity index is 3850. The molecule has 11 rings (SSSR count). The molecule has 0 atom stereocenters. The molecule has 0 amide bonds. The summed E-state index contributed by atoms with van der Waals surface area (Å²) in [5.41, 5.74) is 22.2. The normalized spacial score (nSPS) is 10.6. The van der Waals surface area contributed by atoms with Gasteiger partial charge in [-0.3, -0.25) is 0 Å². The molecule has 0 bridgehead atoms. The van der Waals surface area contributed by atoms with Gasteiger partial charge >= 0.3 is 0 Å². The largest absolute Gasteiger partial charge is 0.505 e. The Morgan fingerprint density at radius 3 is 1.19 bits per heavy atom. The van der Waals surface area contributed by atoms with Gasteiger partial charge in [-0.25, -0.2) is 33.1 Å². The molecule has 5 aromatic heterocycles. The van der Waals surface area contributed by atoms with E-state index in [0.717, 1.165) is 45.0 Å². The van der Waals surface area contributed by atoms with Crippen LogP contribution >= 0.6 is 0 Å². The van der Waals surface area contributed by atoms with E-state index >= 15 is 0 Å². The molecule has 11 aromatic rings. The van der Waals surface area contributed by atoms with Gasteiger partial charge in [-0.1, -0.05) is 58.7 Å². The summed E-state index contributed by atoms with van der Waals surface area (Å²) in [4.78, 5) is 18.0. The predicted molar refractivity (Wildman–Crippen MR) is 296 cm³/mol. The first-order valence-corrected chi connectivity index (χ1v) is 23.4. The zero-order chi connectivity index (χ0) is 53.6. The lowest BCUT2D eigenvalue weighted by atomic mass is 10.1. The fourth-order valence-corrected chi connectivity index (χ4v) is 7.73. The van der Waals surface area contributed by atoms with Crippen molar-refractivity contribution in [2.75, 3.05) is 25.7 Å². The highest BCUT2D eigenvalue weighted by Crippen LogP contribution is 2.39. The quantitative estimate of drug-likeness (QED) is 0.102. The highest BCUT2D eigenvalue weighted by molar-refractivity contribution is 5.89. The zero-order valence-corrected chi connectivity index (χ0v) is 41.8. The Hall–Kier alpha value is -9.79. The molecule has 408 valence electrons. The number of aromatic hydroxyl groups is 1. The molecule has 6 aromatic carbocycles. The molecule has 0 aliphatic rings. The Balaban J connectivity index is 0.000000188. The van der Waals surface area contributed by atoms with Crippen molar-refractivity contribution in [2.24, 2.45) is 0 Å². The number of methoxy groups -OCH3 is 2. The van der Waals surface area contributed by atoms with Crippen LogP contribution in [0.15, 0.2) is 122 Å². The second kappa shape index (κ2) is 25.4. The number of rotatable bonds is 11. The topological polar surface area (TPSA) is 259 Å². The van der Waals surface area contributed by atoms with Gasteiger partial charge in [0.25, 0.3) is 17.7 Å². The number of hydrogen-bond acceptors (Lipinski definition) is 18. The van der Waals surface area contributed by atoms with Crippen LogP contribution < -0.4 is 20.9 Å². The third-order valence-electron chi connectivity index (χ3n) is 12.0. The molecule has 79 heavy (non-hydrogen) atoms. The molecule has 0 fully saturated rings. The van der Waals surface area contributed by atoms with Gasteiger partial charge in [0.05, 0.1) is 95.4 Å². The number of phenolic OH excluding ortho intramolecular Hbond substituents is 1. The first-order chi connectivity index (χ1) is 36.6. The monoisotopic (exact) mass is 1080 g/mol. The van der Waals surface area contributed by atoms with Crippen LogP contribution in [-0.2, 0) is 19.3 Å². The molecule has 5 N–H and O–H groups in total. The minimum absolute atomic E-state index is 0. The number of anilines is 2. The second-order valence-corrected chi connectivity index (χ2v) is 17.2. The molecular weight excluding hydrogens is 1020 g/mol. The van der Waals surface area contributed by atoms with E-state index in [1.165, 1.54) is 43.5 Å². The van der Waals surface area contributed by atoms with Crippen LogP contribution in [0.3, 0.4) is 0 Å². The third-order valence-corrected chi connectivity index (χ3v) is 12.0. The van der Waals surface area contributed by atoms with Crippen molar-refractivity contribution in [2.45, 2.75) is 69.2 Å². The number of hydrogen-bond donors (Lipinski definition) is 3. The number of ether oxygens (including phenoxy) is 2. The van der Waals surface area contributed by atoms with Gasteiger partial charge in [0.1, 0.15) is 28.5 Å². The average Bonchev–Trinajstić information content (AvgIpc) is 4.24. The van der Waals surface area contributed by atoms with Gasteiger partial charge in [0.2, 0.25) is 17.7 Å². The van der Waals surface area contributed by atoms with Gasteiger partial charge in [-0.2, -0.15) is 0 Å². The highest BCUT2D eigenvalue weighted by atomic mass is 19.1. The maximum absolute atomic E-state index is 13.0. The highest BCUT2D eigenvalue weighted by Gasteiger charge is 2.21. The summed E-state index contributed by atoms with van der Waals surface area (Å²) in [5, 5.41) is 34.8. The number of nitrogen functional groups attached to an aromatic ring is 2. The summed E-state index contributed by atoms with van der Waals surface area (Å²) in [6.07, 6.45) is 1.20. The van der Waals surface area contributed by atoms with E-state index < -0.39 is 0 Å². The van der Waals surface area contributed by atoms with Gasteiger partial charge < -0.3 is 39.3 Å². The number of phenols is 1. The van der Waals surface area contributed by atoms with E-state index in [1.807, 2.05) is 39.8 Å². The zero-order valence-electron chi connectivity index (χ0n) is 41.8. The van der Waals surface area contributed by atoms with E-state index in [0.29, 0.717) is 98.9 Å². The van der Waals surface area contributed by atoms with Crippen molar-refractivity contribution < 1.29 is 41.0 Å². The number of aryl methyl sites for hydroxylation is 4. The Morgan fingerprint density at radius 1 is 0.430 bits per heavy atom. The number of aromatic nitrogens is 10. The summed E-state index contributed by atoms with van der Waals surface area (Å²) in [5.74, 6) is 2.05. The smallest absolute Gasteiger partial charge is 0.251 e. The third kappa shape index (κ3) is 13.3. The van der Waals surface area contributed by atoms with Crippen LogP contribution in [0.1, 0.15) is 79.4 Å². The van der Waals surface area contributed by atoms with Crippen LogP contribution in [0.2, 0.25) is 0 Å². The number of nitrogens with two attached hydrogens (primary N) is 2. The second-order valence-electron chi connectivity index (χ2n) is 17.2. The van der Waals surface area contributed by atoms with E-state index in [2.05, 4.69) is 50.5 Å². The lowest BCUT2D eigenvalue weighted by Gasteiger charge is -2.10. The van der Waals surface area contributed by atoms with E-state index in [-0.39, 0.29) is 57.3 Å². The molecule has 0 spiro atoms. The molecule has 18 nitrogen and oxygen atoms in total. The molecule has 0 unspecified atom stereocenters. The van der Waals surface area contributed by atoms with Crippen molar-refractivity contribution in [3.63, 3.8) is 0 Å². The van der Waals surface area contributed by atoms with Crippen LogP contribution in [0.25, 0.3) is 56.4 Å². The average molecular weight is 1080 g/mol. The Morgan fingerprint density at radius 2 is 0.772 bits per heavy atom. The van der Waals surface area contributed by atoms with Crippen molar-refractivity contribution in [1.29, 1.82) is 0 Å². The van der Waals surface area contributed by atoms with Gasteiger partial charge in [0, 0.05) is 0 Å². The Labute approximate surface area is 453 Å². The first kappa shape index (κ1) is 58.5. The van der Waals surface area contributed by atoms with E-state index in [4.69, 9.17) is 34.2 Å². The first-order valence-electron chi connectivity index (χ1n) is 23.4. The van der Waals surface area contributed by atoms with Crippen LogP contribution in [0.5, 0.6) is 17.2 Å². The molecule has 5 heterocycles. The molecule has 0 saturated carbocycles. The maximum atomic E-state index is 13.0. The van der Waals surface area contributed by atoms with Crippen molar-refractivity contribution in [1.82, 2.24) is 50.5 Å². The fraction of sp³-hybridized carbons (Fsp3) is 0.207. The Kier molecular flexibility index (Phi) is 18.8. The van der Waals surface area contributed by atoms with Crippen LogP contribution in [0.4, 0.5) is 24.5 Å². The summed E-state index contributed by atoms with van der Waals surface area (Å²) in [6.45, 7) is 7.52. The van der Waals surface area contributed by atoms with Gasteiger partial charge in [0.15, 0.2) is 17.2 Å². The predicted octanol–water partition coefficient (Wildman–Crippen LogP) is 12.3. The molecule has 0 radical (unpaired) electrons. The lowest BCUT2D eigenvalue weighted by molar-refractivity contribution is 0.416. The number of fused-ring (bicyclic) bond motifs is 2. The standard InChI is InChI=1S/C20H17FN4O2.C19H15FN4O2.C16H15FN4O2.3CH4/c1-11-12(2)23-18-16(22-11)9-8-15(19(18)26-3)20-25-24-17(27-20)10-13-4-6-14(21)7-5-13;1-10-11(2)22-17-15(21-10)8-7-14(18(17)25)19-24-23-16(26-19)9-12-3-5-13(20)6-4-12;1-22-15-11(6-7-12(18)14(15)19)16-21-20-13(23-16)8-9-2-4-10(17)5-3-9;;;/h4-9H,10H2,1-3H3;3-8,25H,9H2,1-2H3;2-7H,8,18-19H2,1H3;3*1H4. The minimum Gasteiger partial charge on any atom is -0.505 e. The van der Waals surface area contributed by atoms with Crippen LogP contribution in [-0.4, -0.2) is 69.9 Å². The molecule has 0 aliphatic carbocycles. The maximum Gasteiger partial charge on any atom is 0.251 e. The summed E-state index contributed by atoms with van der Waals surface area (Å²) >= 11 is 0. The summed E-state index contributed by atoms with van der Waals surface area (Å²) in [6, 6.07) is 28.9. The summed E-state index contributed by atoms with van der Waals surface area (Å²) in [7, 11) is 3.06. The van der Waals surface area contributed by atoms with Crippen molar-refractivity contribution in [3.05, 3.63) is 184 Å². The SMILES string of the molecule is C.C.C.COc1c(-c2nnc(Cc3ccc(F)cc3)o2)ccc(N)c1N.COc1c(-c2nnc(Cc3ccc(F)cc3)o2)ccc2nc(C)c(C)nc12.Cc1nc2ccc(-c3nnc(Cc4ccc(F)cc4)o3)c(O)c2nc1C.